The van der Waals surface area contributed by atoms with Crippen LogP contribution in [0.25, 0.3) is 21.7 Å². The molecule has 0 spiro atoms. The van der Waals surface area contributed by atoms with E-state index in [1.165, 1.54) is 34.9 Å². The van der Waals surface area contributed by atoms with Crippen LogP contribution in [0.2, 0.25) is 0 Å². The minimum atomic E-state index is -4.14. The number of thiazole rings is 1. The van der Waals surface area contributed by atoms with Crippen LogP contribution in [0, 0.1) is 13.8 Å². The molecule has 0 bridgehead atoms. The lowest BCUT2D eigenvalue weighted by Crippen LogP contribution is -2.31. The van der Waals surface area contributed by atoms with E-state index in [-0.39, 0.29) is 17.0 Å². The van der Waals surface area contributed by atoms with Crippen LogP contribution in [0.5, 0.6) is 5.75 Å². The number of nitrogens with zero attached hydrogens (tertiary/aromatic N) is 2. The van der Waals surface area contributed by atoms with Crippen LogP contribution >= 0.6 is 11.3 Å². The molecule has 5 aromatic carbocycles. The molecule has 0 aliphatic heterocycles. The number of methoxy groups -OCH3 is 1. The number of amides is 1. The van der Waals surface area contributed by atoms with Gasteiger partial charge in [0.25, 0.3) is 15.9 Å². The fraction of sp³-hybridized carbons (Fsp3) is 0.105. The lowest BCUT2D eigenvalue weighted by molar-refractivity contribution is 0.102. The van der Waals surface area contributed by atoms with Crippen LogP contribution in [0.3, 0.4) is 0 Å². The third kappa shape index (κ3) is 6.96. The fourth-order valence-corrected chi connectivity index (χ4v) is 7.66. The molecule has 1 heterocycles. The van der Waals surface area contributed by atoms with Gasteiger partial charge in [-0.15, -0.1) is 0 Å². The Balaban J connectivity index is 1.34. The number of aryl methyl sites for hydroxylation is 2. The molecule has 47 heavy (non-hydrogen) atoms. The Hall–Kier alpha value is -5.25. The van der Waals surface area contributed by atoms with Gasteiger partial charge in [0.2, 0.25) is 0 Å². The Morgan fingerprint density at radius 1 is 0.787 bits per heavy atom. The van der Waals surface area contributed by atoms with Crippen molar-refractivity contribution >= 4 is 38.1 Å². The second-order valence-corrected chi connectivity index (χ2v) is 13.9. The van der Waals surface area contributed by atoms with Crippen molar-refractivity contribution in [1.29, 1.82) is 0 Å². The van der Waals surface area contributed by atoms with Crippen molar-refractivity contribution in [3.63, 3.8) is 0 Å². The van der Waals surface area contributed by atoms with Gasteiger partial charge in [0.1, 0.15) is 5.75 Å². The number of nitrogens with one attached hydrogen (secondary N) is 1. The summed E-state index contributed by atoms with van der Waals surface area (Å²) in [4.78, 5) is 19.4. The zero-order chi connectivity index (χ0) is 33.0. The topological polar surface area (TPSA) is 88.6 Å². The Morgan fingerprint density at radius 2 is 1.43 bits per heavy atom. The minimum absolute atomic E-state index is 0.0215. The number of aromatic nitrogens is 1. The molecule has 9 heteroatoms. The number of hydrogen-bond acceptors (Lipinski definition) is 6. The quantitative estimate of drug-likeness (QED) is 0.159. The van der Waals surface area contributed by atoms with Crippen molar-refractivity contribution in [2.75, 3.05) is 16.7 Å². The van der Waals surface area contributed by atoms with Gasteiger partial charge in [0.15, 0.2) is 5.13 Å². The number of anilines is 2. The van der Waals surface area contributed by atoms with Gasteiger partial charge in [0.05, 0.1) is 34.8 Å². The van der Waals surface area contributed by atoms with Crippen molar-refractivity contribution < 1.29 is 17.9 Å². The molecule has 0 saturated heterocycles. The average Bonchev–Trinajstić information content (AvgIpc) is 3.51. The summed E-state index contributed by atoms with van der Waals surface area (Å²) in [6.45, 7) is 4.14. The lowest BCUT2D eigenvalue weighted by atomic mass is 10.0. The van der Waals surface area contributed by atoms with E-state index < -0.39 is 15.9 Å². The monoisotopic (exact) mass is 659 g/mol. The van der Waals surface area contributed by atoms with E-state index in [1.54, 1.807) is 36.4 Å². The largest absolute Gasteiger partial charge is 0.495 e. The number of benzene rings is 5. The van der Waals surface area contributed by atoms with Crippen molar-refractivity contribution in [1.82, 2.24) is 4.98 Å². The summed E-state index contributed by atoms with van der Waals surface area (Å²) in [5.41, 5.74) is 6.35. The van der Waals surface area contributed by atoms with Gasteiger partial charge < -0.3 is 4.74 Å². The first-order valence-corrected chi connectivity index (χ1v) is 17.2. The molecule has 1 N–H and O–H groups in total. The van der Waals surface area contributed by atoms with Gasteiger partial charge in [0, 0.05) is 11.1 Å². The standard InChI is InChI=1S/C38H33N3O4S2/c1-26-16-20-29(21-17-26)35-36(30-22-18-27(2)19-23-30)46-38(39-35)40-37(42)31-12-9-13-32(24-31)47(43,44)41(25-28-10-5-4-6-11-28)33-14-7-8-15-34(33)45-3/h4-24H,25H2,1-3H3,(H,39,40,42). The van der Waals surface area contributed by atoms with Crippen molar-refractivity contribution in [3.05, 3.63) is 150 Å². The summed E-state index contributed by atoms with van der Waals surface area (Å²) in [5, 5.41) is 3.33. The van der Waals surface area contributed by atoms with Crippen LogP contribution in [0.1, 0.15) is 27.0 Å². The Kier molecular flexibility index (Phi) is 9.19. The maximum absolute atomic E-state index is 14.3. The second-order valence-electron chi connectivity index (χ2n) is 11.1. The molecular formula is C38H33N3O4S2. The third-order valence-corrected chi connectivity index (χ3v) is 10.5. The molecule has 0 aliphatic carbocycles. The first-order valence-electron chi connectivity index (χ1n) is 15.0. The molecule has 1 aromatic heterocycles. The molecule has 0 saturated carbocycles. The highest BCUT2D eigenvalue weighted by Crippen LogP contribution is 2.40. The highest BCUT2D eigenvalue weighted by molar-refractivity contribution is 7.92. The molecule has 236 valence electrons. The zero-order valence-corrected chi connectivity index (χ0v) is 27.8. The summed E-state index contributed by atoms with van der Waals surface area (Å²) in [5.74, 6) is -0.0490. The van der Waals surface area contributed by atoms with Crippen molar-refractivity contribution in [2.45, 2.75) is 25.3 Å². The zero-order valence-electron chi connectivity index (χ0n) is 26.2. The molecule has 6 aromatic rings. The number of hydrogen-bond donors (Lipinski definition) is 1. The first kappa shape index (κ1) is 31.7. The van der Waals surface area contributed by atoms with E-state index in [0.29, 0.717) is 16.6 Å². The number of sulfonamides is 1. The highest BCUT2D eigenvalue weighted by atomic mass is 32.2. The van der Waals surface area contributed by atoms with Crippen LogP contribution in [0.4, 0.5) is 10.8 Å². The Morgan fingerprint density at radius 3 is 2.11 bits per heavy atom. The predicted molar refractivity (Wildman–Crippen MR) is 190 cm³/mol. The molecule has 6 rings (SSSR count). The molecule has 0 atom stereocenters. The summed E-state index contributed by atoms with van der Waals surface area (Å²) in [7, 11) is -2.63. The van der Waals surface area contributed by atoms with E-state index in [0.717, 1.165) is 38.4 Å². The number of para-hydroxylation sites is 2. The molecule has 0 fully saturated rings. The van der Waals surface area contributed by atoms with Crippen molar-refractivity contribution in [2.24, 2.45) is 0 Å². The SMILES string of the molecule is COc1ccccc1N(Cc1ccccc1)S(=O)(=O)c1cccc(C(=O)Nc2nc(-c3ccc(C)cc3)c(-c3ccc(C)cc3)s2)c1. The summed E-state index contributed by atoms with van der Waals surface area (Å²) in [6.07, 6.45) is 0. The van der Waals surface area contributed by atoms with Gasteiger partial charge >= 0.3 is 0 Å². The molecule has 0 aliphatic rings. The van der Waals surface area contributed by atoms with Gasteiger partial charge in [-0.2, -0.15) is 0 Å². The van der Waals surface area contributed by atoms with Gasteiger partial charge in [-0.05, 0) is 55.3 Å². The average molecular weight is 660 g/mol. The van der Waals surface area contributed by atoms with E-state index in [4.69, 9.17) is 9.72 Å². The Bertz CT molecular complexity index is 2060. The maximum Gasteiger partial charge on any atom is 0.264 e. The normalized spacial score (nSPS) is 11.2. The number of rotatable bonds is 10. The van der Waals surface area contributed by atoms with Crippen LogP contribution in [-0.4, -0.2) is 26.4 Å². The smallest absolute Gasteiger partial charge is 0.264 e. The maximum atomic E-state index is 14.3. The van der Waals surface area contributed by atoms with E-state index in [9.17, 15) is 13.2 Å². The fourth-order valence-electron chi connectivity index (χ4n) is 5.16. The molecule has 0 radical (unpaired) electrons. The van der Waals surface area contributed by atoms with Crippen molar-refractivity contribution in [3.8, 4) is 27.4 Å². The lowest BCUT2D eigenvalue weighted by Gasteiger charge is -2.26. The first-order chi connectivity index (χ1) is 22.7. The molecule has 7 nitrogen and oxygen atoms in total. The number of ether oxygens (including phenoxy) is 1. The molecule has 1 amide bonds. The Labute approximate surface area is 279 Å². The van der Waals surface area contributed by atoms with Gasteiger partial charge in [-0.25, -0.2) is 13.4 Å². The molecular weight excluding hydrogens is 627 g/mol. The second kappa shape index (κ2) is 13.6. The van der Waals surface area contributed by atoms with E-state index >= 15 is 0 Å². The van der Waals surface area contributed by atoms with Crippen LogP contribution in [-0.2, 0) is 16.6 Å². The van der Waals surface area contributed by atoms with E-state index in [2.05, 4.69) is 5.32 Å². The van der Waals surface area contributed by atoms with Gasteiger partial charge in [-0.1, -0.05) is 120 Å². The highest BCUT2D eigenvalue weighted by Gasteiger charge is 2.28. The number of carbonyl (C=O) groups is 1. The van der Waals surface area contributed by atoms with E-state index in [1.807, 2.05) is 92.7 Å². The molecule has 0 unspecified atom stereocenters. The number of carbonyl (C=O) groups excluding carboxylic acids is 1. The third-order valence-electron chi connectivity index (χ3n) is 7.69. The van der Waals surface area contributed by atoms with Gasteiger partial charge in [-0.3, -0.25) is 14.4 Å². The predicted octanol–water partition coefficient (Wildman–Crippen LogP) is 8.75. The summed E-state index contributed by atoms with van der Waals surface area (Å²) in [6, 6.07) is 38.6. The van der Waals surface area contributed by atoms with Crippen LogP contribution in [0.15, 0.2) is 132 Å². The summed E-state index contributed by atoms with van der Waals surface area (Å²) < 4.78 is 35.4. The minimum Gasteiger partial charge on any atom is -0.495 e. The van der Waals surface area contributed by atoms with Crippen LogP contribution < -0.4 is 14.4 Å². The summed E-state index contributed by atoms with van der Waals surface area (Å²) >= 11 is 1.37.